The lowest BCUT2D eigenvalue weighted by Gasteiger charge is -2.26. The number of carbonyl (C=O) groups is 1. The van der Waals surface area contributed by atoms with E-state index in [1.807, 2.05) is 6.92 Å². The second-order valence-corrected chi connectivity index (χ2v) is 10.6. The topological polar surface area (TPSA) is 75.7 Å². The van der Waals surface area contributed by atoms with Crippen LogP contribution in [0.4, 0.5) is 10.1 Å². The monoisotopic (exact) mass is 516 g/mol. The minimum absolute atomic E-state index is 0.0938. The Morgan fingerprint density at radius 3 is 2.40 bits per heavy atom. The summed E-state index contributed by atoms with van der Waals surface area (Å²) < 4.78 is 46.6. The molecule has 35 heavy (non-hydrogen) atoms. The van der Waals surface area contributed by atoms with E-state index in [0.29, 0.717) is 24.6 Å². The van der Waals surface area contributed by atoms with Crippen LogP contribution in [-0.2, 0) is 20.6 Å². The first kappa shape index (κ1) is 26.6. The first-order chi connectivity index (χ1) is 16.9. The van der Waals surface area contributed by atoms with E-state index in [0.717, 1.165) is 27.8 Å². The number of hydrogen-bond donors (Lipinski definition) is 1. The van der Waals surface area contributed by atoms with E-state index in [1.165, 1.54) is 24.3 Å². The number of nitrogens with zero attached hydrogens (tertiary/aromatic N) is 1. The third kappa shape index (κ3) is 7.73. The molecule has 0 unspecified atom stereocenters. The Labute approximate surface area is 210 Å². The number of halogens is 1. The number of anilines is 1. The van der Waals surface area contributed by atoms with E-state index in [2.05, 4.69) is 5.32 Å². The van der Waals surface area contributed by atoms with Crippen LogP contribution in [0.5, 0.6) is 5.75 Å². The molecule has 0 aliphatic heterocycles. The van der Waals surface area contributed by atoms with Gasteiger partial charge in [-0.1, -0.05) is 42.5 Å². The number of ether oxygens (including phenoxy) is 1. The Bertz CT molecular complexity index is 1190. The Hall–Kier alpha value is -3.04. The maximum atomic E-state index is 13.5. The summed E-state index contributed by atoms with van der Waals surface area (Å²) in [5.41, 5.74) is 1.35. The van der Waals surface area contributed by atoms with Crippen molar-refractivity contribution >= 4 is 33.4 Å². The molecule has 3 aromatic carbocycles. The smallest absolute Gasteiger partial charge is 0.264 e. The summed E-state index contributed by atoms with van der Waals surface area (Å²) in [6.07, 6.45) is 0.721. The first-order valence-corrected chi connectivity index (χ1v) is 13.9. The molecule has 0 heterocycles. The summed E-state index contributed by atoms with van der Waals surface area (Å²) in [6, 6.07) is 21.2. The van der Waals surface area contributed by atoms with E-state index in [4.69, 9.17) is 4.74 Å². The van der Waals surface area contributed by atoms with Gasteiger partial charge < -0.3 is 10.1 Å². The number of hydrogen-bond acceptors (Lipinski definition) is 5. The molecule has 186 valence electrons. The molecule has 0 fully saturated rings. The molecule has 1 amide bonds. The van der Waals surface area contributed by atoms with E-state index >= 15 is 0 Å². The van der Waals surface area contributed by atoms with Gasteiger partial charge in [0.15, 0.2) is 0 Å². The maximum Gasteiger partial charge on any atom is 0.264 e. The van der Waals surface area contributed by atoms with Crippen LogP contribution in [-0.4, -0.2) is 39.8 Å². The second kappa shape index (κ2) is 13.2. The highest BCUT2D eigenvalue weighted by Gasteiger charge is 2.29. The van der Waals surface area contributed by atoms with E-state index in [1.54, 1.807) is 66.4 Å². The molecule has 0 radical (unpaired) electrons. The van der Waals surface area contributed by atoms with Gasteiger partial charge in [-0.25, -0.2) is 12.8 Å². The van der Waals surface area contributed by atoms with Crippen molar-refractivity contribution < 1.29 is 22.3 Å². The highest BCUT2D eigenvalue weighted by atomic mass is 32.2. The summed E-state index contributed by atoms with van der Waals surface area (Å²) in [4.78, 5) is 12.9. The van der Waals surface area contributed by atoms with E-state index < -0.39 is 15.9 Å². The number of thioether (sulfide) groups is 1. The molecule has 0 saturated heterocycles. The van der Waals surface area contributed by atoms with Crippen molar-refractivity contribution in [2.75, 3.05) is 29.8 Å². The van der Waals surface area contributed by atoms with E-state index in [9.17, 15) is 17.6 Å². The molecule has 9 heteroatoms. The molecular formula is C26H29FN2O4S2. The zero-order valence-corrected chi connectivity index (χ0v) is 21.2. The number of rotatable bonds is 13. The zero-order chi connectivity index (χ0) is 25.1. The highest BCUT2D eigenvalue weighted by molar-refractivity contribution is 7.98. The van der Waals surface area contributed by atoms with Crippen molar-refractivity contribution in [3.05, 3.63) is 90.2 Å². The lowest BCUT2D eigenvalue weighted by atomic mass is 10.2. The molecule has 0 bridgehead atoms. The third-order valence-electron chi connectivity index (χ3n) is 5.02. The zero-order valence-electron chi connectivity index (χ0n) is 19.5. The van der Waals surface area contributed by atoms with Crippen LogP contribution in [0.25, 0.3) is 0 Å². The van der Waals surface area contributed by atoms with Gasteiger partial charge in [-0.15, -0.1) is 0 Å². The van der Waals surface area contributed by atoms with Crippen LogP contribution in [0.2, 0.25) is 0 Å². The first-order valence-electron chi connectivity index (χ1n) is 11.3. The molecule has 0 saturated carbocycles. The van der Waals surface area contributed by atoms with Crippen LogP contribution in [0, 0.1) is 5.82 Å². The minimum Gasteiger partial charge on any atom is -0.492 e. The fraction of sp³-hybridized carbons (Fsp3) is 0.269. The van der Waals surface area contributed by atoms with Crippen molar-refractivity contribution in [1.82, 2.24) is 5.32 Å². The average Bonchev–Trinajstić information content (AvgIpc) is 2.87. The van der Waals surface area contributed by atoms with Crippen molar-refractivity contribution in [3.8, 4) is 5.75 Å². The molecular weight excluding hydrogens is 487 g/mol. The fourth-order valence-electron chi connectivity index (χ4n) is 3.32. The normalized spacial score (nSPS) is 11.1. The molecule has 0 spiro atoms. The summed E-state index contributed by atoms with van der Waals surface area (Å²) in [6.45, 7) is 2.22. The summed E-state index contributed by atoms with van der Waals surface area (Å²) >= 11 is 1.69. The number of amides is 1. The molecule has 0 atom stereocenters. The lowest BCUT2D eigenvalue weighted by molar-refractivity contribution is -0.119. The van der Waals surface area contributed by atoms with Gasteiger partial charge >= 0.3 is 0 Å². The second-order valence-electron chi connectivity index (χ2n) is 7.61. The Morgan fingerprint density at radius 1 is 1.00 bits per heavy atom. The predicted octanol–water partition coefficient (Wildman–Crippen LogP) is 4.86. The number of carbonyl (C=O) groups excluding carboxylic acids is 1. The van der Waals surface area contributed by atoms with Gasteiger partial charge in [0.25, 0.3) is 10.0 Å². The van der Waals surface area contributed by atoms with Gasteiger partial charge in [0, 0.05) is 12.3 Å². The lowest BCUT2D eigenvalue weighted by Crippen LogP contribution is -2.41. The average molecular weight is 517 g/mol. The van der Waals surface area contributed by atoms with Crippen molar-refractivity contribution in [2.24, 2.45) is 0 Å². The van der Waals surface area contributed by atoms with Crippen molar-refractivity contribution in [3.63, 3.8) is 0 Å². The van der Waals surface area contributed by atoms with Crippen LogP contribution in [0.3, 0.4) is 0 Å². The van der Waals surface area contributed by atoms with Gasteiger partial charge in [0.05, 0.1) is 17.2 Å². The number of sulfonamides is 1. The fourth-order valence-corrected chi connectivity index (χ4v) is 5.69. The Kier molecular flexibility index (Phi) is 9.98. The largest absolute Gasteiger partial charge is 0.492 e. The SMILES string of the molecule is CCOc1ccccc1N(CC(=O)NCCCSCc1ccc(F)cc1)S(=O)(=O)c1ccccc1. The molecule has 0 aliphatic rings. The van der Waals surface area contributed by atoms with Crippen LogP contribution in [0.15, 0.2) is 83.8 Å². The number of para-hydroxylation sites is 2. The summed E-state index contributed by atoms with van der Waals surface area (Å²) in [5, 5.41) is 2.82. The van der Waals surface area contributed by atoms with Crippen molar-refractivity contribution in [2.45, 2.75) is 24.0 Å². The van der Waals surface area contributed by atoms with Crippen LogP contribution >= 0.6 is 11.8 Å². The number of nitrogens with one attached hydrogen (secondary N) is 1. The molecule has 6 nitrogen and oxygen atoms in total. The van der Waals surface area contributed by atoms with Crippen LogP contribution in [0.1, 0.15) is 18.9 Å². The quantitative estimate of drug-likeness (QED) is 0.329. The molecule has 0 aromatic heterocycles. The Balaban J connectivity index is 1.62. The standard InChI is InChI=1S/C26H29FN2O4S2/c1-2-33-25-12-7-6-11-24(25)29(35(31,32)23-9-4-3-5-10-23)19-26(30)28-17-8-18-34-20-21-13-15-22(27)16-14-21/h3-7,9-16H,2,8,17-20H2,1H3,(H,28,30). The summed E-state index contributed by atoms with van der Waals surface area (Å²) in [7, 11) is -4.00. The molecule has 0 aliphatic carbocycles. The minimum atomic E-state index is -4.00. The van der Waals surface area contributed by atoms with Crippen molar-refractivity contribution in [1.29, 1.82) is 0 Å². The van der Waals surface area contributed by atoms with Gasteiger partial charge in [-0.2, -0.15) is 11.8 Å². The van der Waals surface area contributed by atoms with E-state index in [-0.39, 0.29) is 17.3 Å². The highest BCUT2D eigenvalue weighted by Crippen LogP contribution is 2.32. The third-order valence-corrected chi connectivity index (χ3v) is 7.91. The molecule has 1 N–H and O–H groups in total. The van der Waals surface area contributed by atoms with Gasteiger partial charge in [0.2, 0.25) is 5.91 Å². The van der Waals surface area contributed by atoms with Crippen LogP contribution < -0.4 is 14.4 Å². The van der Waals surface area contributed by atoms with Gasteiger partial charge in [0.1, 0.15) is 18.1 Å². The molecule has 3 aromatic rings. The number of benzene rings is 3. The van der Waals surface area contributed by atoms with Gasteiger partial charge in [-0.05, 0) is 61.1 Å². The Morgan fingerprint density at radius 2 is 1.69 bits per heavy atom. The summed E-state index contributed by atoms with van der Waals surface area (Å²) in [5.74, 6) is 1.29. The molecule has 3 rings (SSSR count). The van der Waals surface area contributed by atoms with Gasteiger partial charge in [-0.3, -0.25) is 9.10 Å². The predicted molar refractivity (Wildman–Crippen MR) is 139 cm³/mol. The maximum absolute atomic E-state index is 13.5.